The van der Waals surface area contributed by atoms with Crippen molar-refractivity contribution in [2.45, 2.75) is 46.1 Å². The first-order valence-electron chi connectivity index (χ1n) is 9.59. The molecule has 0 aliphatic rings. The number of benzene rings is 2. The molecule has 0 radical (unpaired) electrons. The van der Waals surface area contributed by atoms with Crippen molar-refractivity contribution in [2.24, 2.45) is 5.41 Å². The van der Waals surface area contributed by atoms with Crippen molar-refractivity contribution < 1.29 is 9.59 Å². The summed E-state index contributed by atoms with van der Waals surface area (Å²) in [6.45, 7) is 6.42. The lowest BCUT2D eigenvalue weighted by molar-refractivity contribution is -0.130. The van der Waals surface area contributed by atoms with E-state index in [1.807, 2.05) is 81.4 Å². The molecule has 0 heterocycles. The van der Waals surface area contributed by atoms with Crippen molar-refractivity contribution in [3.8, 4) is 0 Å². The number of carbonyl (C=O) groups excluding carboxylic acids is 2. The molecule has 0 aliphatic heterocycles. The molecule has 2 N–H and O–H groups in total. The van der Waals surface area contributed by atoms with E-state index in [0.29, 0.717) is 6.54 Å². The molecule has 0 bridgehead atoms. The molecule has 4 heteroatoms. The van der Waals surface area contributed by atoms with Gasteiger partial charge in [0.25, 0.3) is 0 Å². The van der Waals surface area contributed by atoms with E-state index < -0.39 is 5.41 Å². The fraction of sp³-hybridized carbons (Fsp3) is 0.391. The van der Waals surface area contributed by atoms with Crippen LogP contribution in [0.15, 0.2) is 60.7 Å². The number of carbonyl (C=O) groups is 2. The van der Waals surface area contributed by atoms with Crippen molar-refractivity contribution in [1.82, 2.24) is 10.6 Å². The first-order valence-corrected chi connectivity index (χ1v) is 9.59. The third kappa shape index (κ3) is 6.55. The van der Waals surface area contributed by atoms with Crippen molar-refractivity contribution >= 4 is 11.8 Å². The molecule has 2 aromatic rings. The van der Waals surface area contributed by atoms with Gasteiger partial charge in [0.15, 0.2) is 0 Å². The zero-order valence-corrected chi connectivity index (χ0v) is 16.5. The second-order valence-electron chi connectivity index (χ2n) is 7.46. The molecule has 0 spiro atoms. The van der Waals surface area contributed by atoms with Gasteiger partial charge in [0.2, 0.25) is 11.8 Å². The van der Waals surface area contributed by atoms with Crippen LogP contribution in [-0.2, 0) is 16.0 Å². The molecule has 0 aromatic heterocycles. The van der Waals surface area contributed by atoms with Gasteiger partial charge in [0.1, 0.15) is 0 Å². The number of rotatable bonds is 9. The van der Waals surface area contributed by atoms with E-state index in [1.54, 1.807) is 0 Å². The van der Waals surface area contributed by atoms with Crippen LogP contribution in [0, 0.1) is 5.41 Å². The molecule has 1 unspecified atom stereocenters. The summed E-state index contributed by atoms with van der Waals surface area (Å²) >= 11 is 0. The molecular weight excluding hydrogens is 336 g/mol. The monoisotopic (exact) mass is 366 g/mol. The number of hydrogen-bond donors (Lipinski definition) is 2. The maximum Gasteiger partial charge on any atom is 0.226 e. The van der Waals surface area contributed by atoms with Crippen LogP contribution in [-0.4, -0.2) is 18.4 Å². The summed E-state index contributed by atoms with van der Waals surface area (Å²) in [4.78, 5) is 25.1. The summed E-state index contributed by atoms with van der Waals surface area (Å²) in [5.74, 6) is -0.0923. The lowest BCUT2D eigenvalue weighted by atomic mass is 9.88. The topological polar surface area (TPSA) is 58.2 Å². The Morgan fingerprint density at radius 1 is 0.963 bits per heavy atom. The molecule has 1 atom stereocenters. The number of amides is 2. The van der Waals surface area contributed by atoms with Gasteiger partial charge >= 0.3 is 0 Å². The Balaban J connectivity index is 1.97. The van der Waals surface area contributed by atoms with Gasteiger partial charge in [-0.2, -0.15) is 0 Å². The van der Waals surface area contributed by atoms with Crippen molar-refractivity contribution in [3.63, 3.8) is 0 Å². The third-order valence-electron chi connectivity index (χ3n) is 4.97. The van der Waals surface area contributed by atoms with Gasteiger partial charge in [-0.15, -0.1) is 0 Å². The molecule has 144 valence electrons. The second kappa shape index (κ2) is 9.91. The Morgan fingerprint density at radius 2 is 1.56 bits per heavy atom. The summed E-state index contributed by atoms with van der Waals surface area (Å²) in [5.41, 5.74) is 1.67. The average molecular weight is 367 g/mol. The highest BCUT2D eigenvalue weighted by molar-refractivity contribution is 5.83. The Labute approximate surface area is 162 Å². The van der Waals surface area contributed by atoms with Crippen LogP contribution < -0.4 is 10.6 Å². The van der Waals surface area contributed by atoms with Crippen LogP contribution in [0.2, 0.25) is 0 Å². The average Bonchev–Trinajstić information content (AvgIpc) is 2.69. The normalized spacial score (nSPS) is 12.3. The molecule has 0 aliphatic carbocycles. The van der Waals surface area contributed by atoms with Gasteiger partial charge in [-0.05, 0) is 24.0 Å². The lowest BCUT2D eigenvalue weighted by Gasteiger charge is -2.26. The standard InChI is InChI=1S/C23H30N2O2/c1-4-23(2,3)22(27)25-20(19-13-9-6-10-14-19)17-21(26)24-16-15-18-11-7-5-8-12-18/h5-14,20H,4,15-17H2,1-3H3,(H,24,26)(H,25,27). The molecule has 2 amide bonds. The first kappa shape index (κ1) is 20.7. The van der Waals surface area contributed by atoms with E-state index in [-0.39, 0.29) is 24.3 Å². The minimum atomic E-state index is -0.461. The molecule has 0 fully saturated rings. The van der Waals surface area contributed by atoms with Gasteiger partial charge in [-0.3, -0.25) is 9.59 Å². The number of hydrogen-bond acceptors (Lipinski definition) is 2. The molecule has 4 nitrogen and oxygen atoms in total. The highest BCUT2D eigenvalue weighted by Gasteiger charge is 2.28. The zero-order chi connectivity index (χ0) is 19.7. The Bertz CT molecular complexity index is 727. The second-order valence-corrected chi connectivity index (χ2v) is 7.46. The molecule has 2 rings (SSSR count). The molecular formula is C23H30N2O2. The fourth-order valence-corrected chi connectivity index (χ4v) is 2.70. The smallest absolute Gasteiger partial charge is 0.226 e. The predicted molar refractivity (Wildman–Crippen MR) is 109 cm³/mol. The van der Waals surface area contributed by atoms with Gasteiger partial charge in [-0.1, -0.05) is 81.4 Å². The highest BCUT2D eigenvalue weighted by Crippen LogP contribution is 2.23. The summed E-state index contributed by atoms with van der Waals surface area (Å²) in [7, 11) is 0. The fourth-order valence-electron chi connectivity index (χ4n) is 2.70. The zero-order valence-electron chi connectivity index (χ0n) is 16.5. The van der Waals surface area contributed by atoms with Crippen LogP contribution in [0.25, 0.3) is 0 Å². The van der Waals surface area contributed by atoms with Gasteiger partial charge < -0.3 is 10.6 Å². The van der Waals surface area contributed by atoms with Crippen molar-refractivity contribution in [2.75, 3.05) is 6.54 Å². The maximum atomic E-state index is 12.6. The van der Waals surface area contributed by atoms with Crippen molar-refractivity contribution in [3.05, 3.63) is 71.8 Å². The van der Waals surface area contributed by atoms with Crippen molar-refractivity contribution in [1.29, 1.82) is 0 Å². The summed E-state index contributed by atoms with van der Waals surface area (Å²) in [5, 5.41) is 6.03. The van der Waals surface area contributed by atoms with Crippen LogP contribution in [0.3, 0.4) is 0 Å². The Morgan fingerprint density at radius 3 is 2.15 bits per heavy atom. The number of nitrogens with one attached hydrogen (secondary N) is 2. The van der Waals surface area contributed by atoms with Crippen LogP contribution >= 0.6 is 0 Å². The largest absolute Gasteiger partial charge is 0.356 e. The van der Waals surface area contributed by atoms with Gasteiger partial charge in [0, 0.05) is 12.0 Å². The lowest BCUT2D eigenvalue weighted by Crippen LogP contribution is -2.40. The Kier molecular flexibility index (Phi) is 7.59. The summed E-state index contributed by atoms with van der Waals surface area (Å²) in [6.07, 6.45) is 1.76. The highest BCUT2D eigenvalue weighted by atomic mass is 16.2. The third-order valence-corrected chi connectivity index (χ3v) is 4.97. The summed E-state index contributed by atoms with van der Waals surface area (Å²) in [6, 6.07) is 19.4. The first-order chi connectivity index (χ1) is 12.9. The Hall–Kier alpha value is -2.62. The van der Waals surface area contributed by atoms with E-state index in [0.717, 1.165) is 18.4 Å². The van der Waals surface area contributed by atoms with Gasteiger partial charge in [-0.25, -0.2) is 0 Å². The predicted octanol–water partition coefficient (Wildman–Crippen LogP) is 4.03. The van der Waals surface area contributed by atoms with Crippen LogP contribution in [0.1, 0.15) is 50.8 Å². The molecule has 27 heavy (non-hydrogen) atoms. The van der Waals surface area contributed by atoms with Crippen LogP contribution in [0.4, 0.5) is 0 Å². The van der Waals surface area contributed by atoms with E-state index in [2.05, 4.69) is 10.6 Å². The molecule has 0 saturated heterocycles. The molecule has 2 aromatic carbocycles. The van der Waals surface area contributed by atoms with E-state index in [4.69, 9.17) is 0 Å². The SMILES string of the molecule is CCC(C)(C)C(=O)NC(CC(=O)NCCc1ccccc1)c1ccccc1. The van der Waals surface area contributed by atoms with Crippen LogP contribution in [0.5, 0.6) is 0 Å². The minimum Gasteiger partial charge on any atom is -0.356 e. The summed E-state index contributed by atoms with van der Waals surface area (Å²) < 4.78 is 0. The van der Waals surface area contributed by atoms with E-state index in [1.165, 1.54) is 5.56 Å². The quantitative estimate of drug-likeness (QED) is 0.704. The van der Waals surface area contributed by atoms with Gasteiger partial charge in [0.05, 0.1) is 12.5 Å². The van der Waals surface area contributed by atoms with E-state index >= 15 is 0 Å². The molecule has 0 saturated carbocycles. The van der Waals surface area contributed by atoms with E-state index in [9.17, 15) is 9.59 Å². The minimum absolute atomic E-state index is 0.0315. The maximum absolute atomic E-state index is 12.6.